The second-order valence-corrected chi connectivity index (χ2v) is 4.89. The number of hydrogen-bond donors (Lipinski definition) is 4. The van der Waals surface area contributed by atoms with Crippen molar-refractivity contribution < 1.29 is 24.6 Å². The zero-order valence-electron chi connectivity index (χ0n) is 12.8. The number of carbonyl (C=O) groups excluding carboxylic acids is 2. The van der Waals surface area contributed by atoms with Crippen LogP contribution in [-0.2, 0) is 14.4 Å². The van der Waals surface area contributed by atoms with Crippen LogP contribution in [0, 0.1) is 0 Å². The Morgan fingerprint density at radius 3 is 2.43 bits per heavy atom. The van der Waals surface area contributed by atoms with Crippen LogP contribution in [0.4, 0.5) is 0 Å². The van der Waals surface area contributed by atoms with Gasteiger partial charge in [-0.15, -0.1) is 0 Å². The van der Waals surface area contributed by atoms with Crippen LogP contribution in [0.25, 0.3) is 0 Å². The first-order valence-electron chi connectivity index (χ1n) is 6.91. The summed E-state index contributed by atoms with van der Waals surface area (Å²) in [6.07, 6.45) is 1.35. The van der Waals surface area contributed by atoms with Crippen molar-refractivity contribution in [3.63, 3.8) is 0 Å². The number of phenolic OH excluding ortho intramolecular Hbond substituents is 1. The second kappa shape index (κ2) is 8.52. The van der Waals surface area contributed by atoms with Crippen molar-refractivity contribution in [2.24, 2.45) is 4.99 Å². The molecule has 1 aromatic rings. The molecule has 4 N–H and O–H groups in total. The van der Waals surface area contributed by atoms with Gasteiger partial charge < -0.3 is 20.8 Å². The molecule has 124 valence electrons. The lowest BCUT2D eigenvalue weighted by Crippen LogP contribution is -2.49. The summed E-state index contributed by atoms with van der Waals surface area (Å²) >= 11 is 0. The van der Waals surface area contributed by atoms with Crippen molar-refractivity contribution in [1.29, 1.82) is 0 Å². The summed E-state index contributed by atoms with van der Waals surface area (Å²) < 4.78 is 0. The van der Waals surface area contributed by atoms with E-state index in [0.717, 1.165) is 0 Å². The number of para-hydroxylation sites is 1. The SMILES string of the molecule is C[C@H](NC(=O)[C@H](C)NC(=O)CN=Cc1ccccc1O)C(=O)O. The highest BCUT2D eigenvalue weighted by molar-refractivity contribution is 5.91. The van der Waals surface area contributed by atoms with Gasteiger partial charge in [0.25, 0.3) is 0 Å². The molecule has 0 unspecified atom stereocenters. The van der Waals surface area contributed by atoms with Gasteiger partial charge in [-0.25, -0.2) is 0 Å². The Hall–Kier alpha value is -2.90. The van der Waals surface area contributed by atoms with Gasteiger partial charge >= 0.3 is 5.97 Å². The minimum atomic E-state index is -1.16. The predicted octanol–water partition coefficient (Wildman–Crippen LogP) is -0.0949. The van der Waals surface area contributed by atoms with E-state index in [1.807, 2.05) is 0 Å². The standard InChI is InChI=1S/C15H19N3O5/c1-9(14(21)18-10(2)15(22)23)17-13(20)8-16-7-11-5-3-4-6-12(11)19/h3-7,9-10,19H,8H2,1-2H3,(H,17,20)(H,18,21)(H,22,23)/t9-,10-/m0/s1. The number of nitrogens with one attached hydrogen (secondary N) is 2. The first-order chi connectivity index (χ1) is 10.8. The van der Waals surface area contributed by atoms with E-state index in [1.54, 1.807) is 18.2 Å². The number of aromatic hydroxyl groups is 1. The molecule has 0 radical (unpaired) electrons. The fourth-order valence-corrected chi connectivity index (χ4v) is 1.58. The summed E-state index contributed by atoms with van der Waals surface area (Å²) in [6, 6.07) is 4.59. The van der Waals surface area contributed by atoms with E-state index in [4.69, 9.17) is 5.11 Å². The number of hydrogen-bond acceptors (Lipinski definition) is 5. The molecular formula is C15H19N3O5. The Bertz CT molecular complexity index is 615. The van der Waals surface area contributed by atoms with E-state index >= 15 is 0 Å². The van der Waals surface area contributed by atoms with Crippen LogP contribution in [0.1, 0.15) is 19.4 Å². The monoisotopic (exact) mass is 321 g/mol. The fourth-order valence-electron chi connectivity index (χ4n) is 1.58. The van der Waals surface area contributed by atoms with Gasteiger partial charge in [-0.05, 0) is 26.0 Å². The Kier molecular flexibility index (Phi) is 6.72. The van der Waals surface area contributed by atoms with Gasteiger partial charge in [0.15, 0.2) is 0 Å². The Balaban J connectivity index is 2.45. The molecule has 2 atom stereocenters. The number of benzene rings is 1. The van der Waals surface area contributed by atoms with E-state index in [1.165, 1.54) is 26.1 Å². The summed E-state index contributed by atoms with van der Waals surface area (Å²) in [4.78, 5) is 37.9. The smallest absolute Gasteiger partial charge is 0.325 e. The zero-order valence-corrected chi connectivity index (χ0v) is 12.8. The molecule has 0 saturated heterocycles. The maximum Gasteiger partial charge on any atom is 0.325 e. The van der Waals surface area contributed by atoms with Crippen LogP contribution < -0.4 is 10.6 Å². The number of aliphatic imine (C=N–C) groups is 1. The largest absolute Gasteiger partial charge is 0.507 e. The molecule has 0 fully saturated rings. The second-order valence-electron chi connectivity index (χ2n) is 4.89. The molecule has 0 spiro atoms. The number of aliphatic carboxylic acids is 1. The van der Waals surface area contributed by atoms with E-state index in [9.17, 15) is 19.5 Å². The first-order valence-corrected chi connectivity index (χ1v) is 6.91. The van der Waals surface area contributed by atoms with Crippen molar-refractivity contribution in [3.05, 3.63) is 29.8 Å². The van der Waals surface area contributed by atoms with Crippen molar-refractivity contribution in [2.75, 3.05) is 6.54 Å². The highest BCUT2D eigenvalue weighted by Crippen LogP contribution is 2.12. The summed E-state index contributed by atoms with van der Waals surface area (Å²) in [5.74, 6) is -2.21. The molecule has 23 heavy (non-hydrogen) atoms. The number of carbonyl (C=O) groups is 3. The van der Waals surface area contributed by atoms with E-state index in [0.29, 0.717) is 5.56 Å². The van der Waals surface area contributed by atoms with Crippen LogP contribution in [0.3, 0.4) is 0 Å². The average Bonchev–Trinajstić information content (AvgIpc) is 2.48. The minimum Gasteiger partial charge on any atom is -0.507 e. The highest BCUT2D eigenvalue weighted by atomic mass is 16.4. The zero-order chi connectivity index (χ0) is 17.4. The van der Waals surface area contributed by atoms with Gasteiger partial charge in [-0.3, -0.25) is 19.4 Å². The molecular weight excluding hydrogens is 302 g/mol. The molecule has 0 heterocycles. The number of nitrogens with zero attached hydrogens (tertiary/aromatic N) is 1. The van der Waals surface area contributed by atoms with Gasteiger partial charge in [0.2, 0.25) is 11.8 Å². The lowest BCUT2D eigenvalue weighted by Gasteiger charge is -2.15. The van der Waals surface area contributed by atoms with Gasteiger partial charge in [-0.1, -0.05) is 12.1 Å². The number of carboxylic acid groups (broad SMARTS) is 1. The quantitative estimate of drug-likeness (QED) is 0.522. The highest BCUT2D eigenvalue weighted by Gasteiger charge is 2.20. The van der Waals surface area contributed by atoms with Crippen molar-refractivity contribution in [2.45, 2.75) is 25.9 Å². The van der Waals surface area contributed by atoms with Crippen molar-refractivity contribution >= 4 is 24.0 Å². The van der Waals surface area contributed by atoms with Crippen molar-refractivity contribution in [3.8, 4) is 5.75 Å². The van der Waals surface area contributed by atoms with Crippen LogP contribution >= 0.6 is 0 Å². The van der Waals surface area contributed by atoms with Crippen LogP contribution in [0.15, 0.2) is 29.3 Å². The normalized spacial score (nSPS) is 13.3. The molecule has 0 aromatic heterocycles. The molecule has 0 aliphatic carbocycles. The molecule has 1 aromatic carbocycles. The molecule has 8 heteroatoms. The Morgan fingerprint density at radius 1 is 1.17 bits per heavy atom. The van der Waals surface area contributed by atoms with Crippen LogP contribution in [0.2, 0.25) is 0 Å². The van der Waals surface area contributed by atoms with Gasteiger partial charge in [-0.2, -0.15) is 0 Å². The average molecular weight is 321 g/mol. The number of rotatable bonds is 7. The molecule has 2 amide bonds. The molecule has 0 aliphatic rings. The summed E-state index contributed by atoms with van der Waals surface area (Å²) in [5, 5.41) is 22.9. The molecule has 0 saturated carbocycles. The number of phenols is 1. The number of carboxylic acids is 1. The topological polar surface area (TPSA) is 128 Å². The number of amides is 2. The summed E-state index contributed by atoms with van der Waals surface area (Å²) in [7, 11) is 0. The van der Waals surface area contributed by atoms with Crippen LogP contribution in [0.5, 0.6) is 5.75 Å². The van der Waals surface area contributed by atoms with Gasteiger partial charge in [0, 0.05) is 11.8 Å². The summed E-state index contributed by atoms with van der Waals surface area (Å²) in [5.41, 5.74) is 0.473. The Labute approximate surface area is 133 Å². The molecule has 0 bridgehead atoms. The van der Waals surface area contributed by atoms with Crippen molar-refractivity contribution in [1.82, 2.24) is 10.6 Å². The van der Waals surface area contributed by atoms with E-state index in [2.05, 4.69) is 15.6 Å². The molecule has 0 aliphatic heterocycles. The van der Waals surface area contributed by atoms with Gasteiger partial charge in [0.1, 0.15) is 24.4 Å². The molecule has 8 nitrogen and oxygen atoms in total. The van der Waals surface area contributed by atoms with Gasteiger partial charge in [0.05, 0.1) is 0 Å². The lowest BCUT2D eigenvalue weighted by atomic mass is 10.2. The van der Waals surface area contributed by atoms with E-state index < -0.39 is 29.9 Å². The third-order valence-electron chi connectivity index (χ3n) is 2.90. The maximum atomic E-state index is 11.7. The minimum absolute atomic E-state index is 0.0482. The third kappa shape index (κ3) is 6.16. The lowest BCUT2D eigenvalue weighted by molar-refractivity contribution is -0.141. The maximum absolute atomic E-state index is 11.7. The van der Waals surface area contributed by atoms with E-state index in [-0.39, 0.29) is 12.3 Å². The first kappa shape index (κ1) is 18.1. The predicted molar refractivity (Wildman–Crippen MR) is 83.4 cm³/mol. The third-order valence-corrected chi connectivity index (χ3v) is 2.90. The van der Waals surface area contributed by atoms with Crippen LogP contribution in [-0.4, -0.2) is 52.8 Å². The molecule has 1 rings (SSSR count). The Morgan fingerprint density at radius 2 is 1.83 bits per heavy atom. The summed E-state index contributed by atoms with van der Waals surface area (Å²) in [6.45, 7) is 2.54. The fraction of sp³-hybridized carbons (Fsp3) is 0.333.